The topological polar surface area (TPSA) is 57.5 Å². The van der Waals surface area contributed by atoms with Crippen molar-refractivity contribution in [3.8, 4) is 0 Å². The van der Waals surface area contributed by atoms with Crippen LogP contribution in [0.1, 0.15) is 0 Å². The van der Waals surface area contributed by atoms with Gasteiger partial charge < -0.3 is 10.2 Å². The predicted octanol–water partition coefficient (Wildman–Crippen LogP) is -2.10. The monoisotopic (exact) mass is 518 g/mol. The van der Waals surface area contributed by atoms with Gasteiger partial charge in [-0.05, 0) is 0 Å². The number of hydrogen-bond acceptors (Lipinski definition) is 1. The summed E-state index contributed by atoms with van der Waals surface area (Å²) < 4.78 is 0. The zero-order valence-corrected chi connectivity index (χ0v) is 3.03. The van der Waals surface area contributed by atoms with E-state index in [1.165, 1.54) is 0 Å². The Morgan fingerprint density at radius 1 is 1.00 bits per heavy atom. The van der Waals surface area contributed by atoms with Gasteiger partial charge in [-0.1, -0.05) is 0 Å². The van der Waals surface area contributed by atoms with Crippen LogP contribution in [0.2, 0.25) is 0 Å². The van der Waals surface area contributed by atoms with Crippen molar-refractivity contribution < 1.29 is 15.0 Å². The Morgan fingerprint density at radius 3 is 1.00 bits per heavy atom. The van der Waals surface area contributed by atoms with Crippen LogP contribution in [-0.4, -0.2) is 163 Å². The van der Waals surface area contributed by atoms with Crippen LogP contribution in [0.3, 0.4) is 0 Å². The maximum atomic E-state index is 8.56. The van der Waals surface area contributed by atoms with Crippen LogP contribution in [0.5, 0.6) is 0 Å². The quantitative estimate of drug-likeness (QED) is 0.363. The summed E-state index contributed by atoms with van der Waals surface area (Å²) in [5.74, 6) is 0. The summed E-state index contributed by atoms with van der Waals surface area (Å²) in [5, 5.41) is 13.9. The fourth-order valence-corrected chi connectivity index (χ4v) is 0. The van der Waals surface area contributed by atoms with E-state index in [0.29, 0.717) is 0 Å². The fraction of sp³-hybridized carbons (Fsp3) is 0. The average molecular weight is 517 g/mol. The molecule has 0 aliphatic heterocycles. The number of halogens is 1. The summed E-state index contributed by atoms with van der Waals surface area (Å²) in [7, 11) is 0. The molecule has 0 rings (SSSR count). The van der Waals surface area contributed by atoms with Crippen LogP contribution in [0.25, 0.3) is 0 Å². The minimum atomic E-state index is -1.83. The second-order valence-electron chi connectivity index (χ2n) is 0.283. The Morgan fingerprint density at radius 2 is 1.00 bits per heavy atom. The van der Waals surface area contributed by atoms with Crippen LogP contribution in [0.4, 0.5) is 4.79 Å². The molecule has 2 N–H and O–H groups in total. The molecule has 0 spiro atoms. The molecular formula is CH9Ba3ClO3. The van der Waals surface area contributed by atoms with Gasteiger partial charge in [0.05, 0.1) is 0 Å². The summed E-state index contributed by atoms with van der Waals surface area (Å²) in [6.07, 6.45) is -1.83. The third-order valence-corrected chi connectivity index (χ3v) is 0. The van der Waals surface area contributed by atoms with Gasteiger partial charge >= 0.3 is 153 Å². The van der Waals surface area contributed by atoms with E-state index >= 15 is 0 Å². The molecule has 8 heavy (non-hydrogen) atoms. The molecule has 3 nitrogen and oxygen atoms in total. The van der Waals surface area contributed by atoms with E-state index in [9.17, 15) is 0 Å². The zero-order valence-electron chi connectivity index (χ0n) is 2.21. The van der Waals surface area contributed by atoms with E-state index in [-0.39, 0.29) is 159 Å². The molecule has 44 valence electrons. The van der Waals surface area contributed by atoms with Gasteiger partial charge in [0.15, 0.2) is 0 Å². The van der Waals surface area contributed by atoms with E-state index < -0.39 is 6.16 Å². The first-order valence-corrected chi connectivity index (χ1v) is 0.651. The molecule has 0 radical (unpaired) electrons. The van der Waals surface area contributed by atoms with Gasteiger partial charge in [0.2, 0.25) is 0 Å². The molecule has 0 aliphatic rings. The van der Waals surface area contributed by atoms with Gasteiger partial charge in [-0.15, -0.1) is 12.4 Å². The molecule has 0 aromatic carbocycles. The molecule has 7 heteroatoms. The molecule has 0 saturated heterocycles. The minimum absolute atomic E-state index is 0. The van der Waals surface area contributed by atoms with Crippen molar-refractivity contribution in [3.05, 3.63) is 0 Å². The first-order chi connectivity index (χ1) is 1.73. The molecule has 0 bridgehead atoms. The van der Waals surface area contributed by atoms with Gasteiger partial charge in [0.25, 0.3) is 0 Å². The van der Waals surface area contributed by atoms with Crippen LogP contribution in [0.15, 0.2) is 0 Å². The van der Waals surface area contributed by atoms with Crippen LogP contribution in [-0.2, 0) is 0 Å². The maximum absolute atomic E-state index is 8.56. The zero-order chi connectivity index (χ0) is 3.58. The predicted molar refractivity (Wildman–Crippen MR) is 43.5 cm³/mol. The van der Waals surface area contributed by atoms with Crippen LogP contribution < -0.4 is 0 Å². The van der Waals surface area contributed by atoms with Gasteiger partial charge in [0, 0.05) is 0 Å². The summed E-state index contributed by atoms with van der Waals surface area (Å²) in [6.45, 7) is 0. The summed E-state index contributed by atoms with van der Waals surface area (Å²) in [4.78, 5) is 8.56. The first kappa shape index (κ1) is 29.5. The number of carboxylic acid groups (broad SMARTS) is 2. The van der Waals surface area contributed by atoms with E-state index in [4.69, 9.17) is 15.0 Å². The number of hydrogen-bond donors (Lipinski definition) is 2. The van der Waals surface area contributed by atoms with Crippen molar-refractivity contribution >= 4 is 165 Å². The van der Waals surface area contributed by atoms with E-state index in [1.54, 1.807) is 0 Å². The third-order valence-electron chi connectivity index (χ3n) is 0. The molecule has 0 aliphatic carbocycles. The van der Waals surface area contributed by atoms with Crippen molar-refractivity contribution in [1.29, 1.82) is 0 Å². The van der Waals surface area contributed by atoms with Crippen molar-refractivity contribution in [2.75, 3.05) is 0 Å². The van der Waals surface area contributed by atoms with Gasteiger partial charge in [-0.3, -0.25) is 0 Å². The van der Waals surface area contributed by atoms with E-state index in [1.807, 2.05) is 0 Å². The van der Waals surface area contributed by atoms with E-state index in [0.717, 1.165) is 0 Å². The third kappa shape index (κ3) is 48.4. The van der Waals surface area contributed by atoms with Crippen LogP contribution in [0, 0.1) is 0 Å². The summed E-state index contributed by atoms with van der Waals surface area (Å²) in [6, 6.07) is 0. The average Bonchev–Trinajstić information content (AvgIpc) is 0.811. The second-order valence-corrected chi connectivity index (χ2v) is 0.283. The second kappa shape index (κ2) is 22.5. The Balaban J connectivity index is -0.00000000750. The van der Waals surface area contributed by atoms with Crippen molar-refractivity contribution in [3.63, 3.8) is 0 Å². The number of rotatable bonds is 0. The number of carbonyl (C=O) groups is 1. The standard InChI is InChI=1S/CH2O3.3Ba.ClH.6H/c2-1(3)4;;;;;;;;;;/h(H2,2,3,4);;;;1H;;;;;;. The molecule has 0 aromatic heterocycles. The Labute approximate surface area is 174 Å². The van der Waals surface area contributed by atoms with Gasteiger partial charge in [-0.25, -0.2) is 4.79 Å². The van der Waals surface area contributed by atoms with Crippen molar-refractivity contribution in [2.24, 2.45) is 0 Å². The Bertz CT molecular complexity index is 37.5. The van der Waals surface area contributed by atoms with Gasteiger partial charge in [-0.2, -0.15) is 0 Å². The summed E-state index contributed by atoms with van der Waals surface area (Å²) in [5.41, 5.74) is 0. The first-order valence-electron chi connectivity index (χ1n) is 0.651. The molecular weight excluding hydrogens is 507 g/mol. The normalized spacial score (nSPS) is 3.00. The molecule has 0 heterocycles. The molecule has 0 saturated carbocycles. The Kier molecular flexibility index (Phi) is 82.9. The molecule has 0 aromatic rings. The summed E-state index contributed by atoms with van der Waals surface area (Å²) >= 11 is 0. The van der Waals surface area contributed by atoms with Crippen LogP contribution >= 0.6 is 12.4 Å². The molecule has 0 amide bonds. The molecule has 0 unspecified atom stereocenters. The van der Waals surface area contributed by atoms with E-state index in [2.05, 4.69) is 0 Å². The Hall–Kier alpha value is 4.27. The van der Waals surface area contributed by atoms with Crippen molar-refractivity contribution in [2.45, 2.75) is 0 Å². The molecule has 0 fully saturated rings. The SMILES string of the molecule is Cl.O=C(O)O.[BaH2].[BaH2].[BaH2]. The van der Waals surface area contributed by atoms with Gasteiger partial charge in [0.1, 0.15) is 0 Å². The fourth-order valence-electron chi connectivity index (χ4n) is 0. The van der Waals surface area contributed by atoms with Crippen molar-refractivity contribution in [1.82, 2.24) is 0 Å². The molecule has 0 atom stereocenters.